The topological polar surface area (TPSA) is 58.6 Å². The predicted molar refractivity (Wildman–Crippen MR) is 119 cm³/mol. The molecule has 31 heavy (non-hydrogen) atoms. The number of amides is 2. The Balaban J connectivity index is 1.81. The predicted octanol–water partition coefficient (Wildman–Crippen LogP) is 4.51. The van der Waals surface area contributed by atoms with Crippen molar-refractivity contribution in [1.29, 1.82) is 0 Å². The van der Waals surface area contributed by atoms with Crippen molar-refractivity contribution in [3.8, 4) is 5.75 Å². The normalized spacial score (nSPS) is 14.8. The average Bonchev–Trinajstić information content (AvgIpc) is 3.27. The molecule has 3 rings (SSSR count). The van der Waals surface area contributed by atoms with E-state index in [1.165, 1.54) is 17.0 Å². The molecule has 2 amide bonds. The van der Waals surface area contributed by atoms with Gasteiger partial charge in [-0.1, -0.05) is 42.6 Å². The molecule has 7 heteroatoms. The van der Waals surface area contributed by atoms with Crippen LogP contribution in [0, 0.1) is 5.82 Å². The lowest BCUT2D eigenvalue weighted by Crippen LogP contribution is -2.50. The molecule has 1 aliphatic carbocycles. The average molecular weight is 447 g/mol. The summed E-state index contributed by atoms with van der Waals surface area (Å²) in [4.78, 5) is 27.6. The molecule has 0 radical (unpaired) electrons. The fourth-order valence-corrected chi connectivity index (χ4v) is 4.09. The summed E-state index contributed by atoms with van der Waals surface area (Å²) in [6.07, 6.45) is 3.88. The summed E-state index contributed by atoms with van der Waals surface area (Å²) in [6, 6.07) is 11.1. The molecule has 1 fully saturated rings. The highest BCUT2D eigenvalue weighted by molar-refractivity contribution is 6.31. The lowest BCUT2D eigenvalue weighted by Gasteiger charge is -2.30. The zero-order valence-corrected chi connectivity index (χ0v) is 18.6. The third kappa shape index (κ3) is 5.97. The van der Waals surface area contributed by atoms with Crippen LogP contribution < -0.4 is 10.1 Å². The number of hydrogen-bond donors (Lipinski definition) is 1. The highest BCUT2D eigenvalue weighted by atomic mass is 35.5. The number of halogens is 2. The van der Waals surface area contributed by atoms with Crippen LogP contribution in [-0.4, -0.2) is 35.9 Å². The largest absolute Gasteiger partial charge is 0.497 e. The van der Waals surface area contributed by atoms with Crippen LogP contribution in [0.25, 0.3) is 0 Å². The number of rotatable bonds is 8. The van der Waals surface area contributed by atoms with E-state index in [0.29, 0.717) is 5.75 Å². The van der Waals surface area contributed by atoms with Gasteiger partial charge >= 0.3 is 0 Å². The summed E-state index contributed by atoms with van der Waals surface area (Å²) in [5.74, 6) is -0.398. The van der Waals surface area contributed by atoms with Crippen LogP contribution >= 0.6 is 11.6 Å². The highest BCUT2D eigenvalue weighted by Gasteiger charge is 2.29. The fraction of sp³-hybridized carbons (Fsp3) is 0.417. The Morgan fingerprint density at radius 1 is 1.19 bits per heavy atom. The zero-order chi connectivity index (χ0) is 22.4. The quantitative estimate of drug-likeness (QED) is 0.649. The molecule has 0 bridgehead atoms. The monoisotopic (exact) mass is 446 g/mol. The second kappa shape index (κ2) is 10.6. The van der Waals surface area contributed by atoms with E-state index in [1.807, 2.05) is 12.1 Å². The molecule has 1 saturated carbocycles. The number of ether oxygens (including phenoxy) is 1. The van der Waals surface area contributed by atoms with Crippen molar-refractivity contribution < 1.29 is 18.7 Å². The third-order valence-electron chi connectivity index (χ3n) is 5.77. The lowest BCUT2D eigenvalue weighted by molar-refractivity contribution is -0.140. The van der Waals surface area contributed by atoms with Gasteiger partial charge in [0.25, 0.3) is 0 Å². The lowest BCUT2D eigenvalue weighted by atomic mass is 10.1. The standard InChI is InChI=1S/C24H28ClFN2O3/c1-16(24(30)27-18-6-3-4-7-18)28(15-17-10-12-19(31-2)13-11-17)23(29)14-20-21(25)8-5-9-22(20)26/h5,8-13,16,18H,3-4,6-7,14-15H2,1-2H3,(H,27,30). The first-order valence-electron chi connectivity index (χ1n) is 10.5. The second-order valence-electron chi connectivity index (χ2n) is 7.91. The number of nitrogens with zero attached hydrogens (tertiary/aromatic N) is 1. The van der Waals surface area contributed by atoms with Crippen molar-refractivity contribution in [3.63, 3.8) is 0 Å². The van der Waals surface area contributed by atoms with Gasteiger partial charge in [-0.15, -0.1) is 0 Å². The molecule has 166 valence electrons. The zero-order valence-electron chi connectivity index (χ0n) is 17.9. The minimum absolute atomic E-state index is 0.136. The van der Waals surface area contributed by atoms with Gasteiger partial charge in [-0.3, -0.25) is 9.59 Å². The van der Waals surface area contributed by atoms with Crippen molar-refractivity contribution in [3.05, 3.63) is 64.4 Å². The molecule has 2 aromatic rings. The third-order valence-corrected chi connectivity index (χ3v) is 6.12. The summed E-state index contributed by atoms with van der Waals surface area (Å²) in [5.41, 5.74) is 0.978. The van der Waals surface area contributed by atoms with Crippen LogP contribution in [0.4, 0.5) is 4.39 Å². The summed E-state index contributed by atoms with van der Waals surface area (Å²) < 4.78 is 19.5. The van der Waals surface area contributed by atoms with Gasteiger partial charge in [-0.25, -0.2) is 4.39 Å². The summed E-state index contributed by atoms with van der Waals surface area (Å²) >= 11 is 6.12. The first-order valence-corrected chi connectivity index (χ1v) is 10.9. The van der Waals surface area contributed by atoms with Gasteiger partial charge in [-0.05, 0) is 49.6 Å². The van der Waals surface area contributed by atoms with Crippen molar-refractivity contribution >= 4 is 23.4 Å². The van der Waals surface area contributed by atoms with E-state index in [0.717, 1.165) is 31.2 Å². The summed E-state index contributed by atoms with van der Waals surface area (Å²) in [6.45, 7) is 1.92. The molecular weight excluding hydrogens is 419 g/mol. The number of carbonyl (C=O) groups excluding carboxylic acids is 2. The summed E-state index contributed by atoms with van der Waals surface area (Å²) in [7, 11) is 1.58. The van der Waals surface area contributed by atoms with Crippen LogP contribution in [0.2, 0.25) is 5.02 Å². The molecule has 1 N–H and O–H groups in total. The maximum absolute atomic E-state index is 14.3. The van der Waals surface area contributed by atoms with Crippen LogP contribution in [0.5, 0.6) is 5.75 Å². The van der Waals surface area contributed by atoms with E-state index < -0.39 is 11.9 Å². The molecule has 0 aliphatic heterocycles. The van der Waals surface area contributed by atoms with Gasteiger partial charge in [0.15, 0.2) is 0 Å². The number of hydrogen-bond acceptors (Lipinski definition) is 3. The van der Waals surface area contributed by atoms with Gasteiger partial charge in [0.1, 0.15) is 17.6 Å². The Bertz CT molecular complexity index is 893. The maximum atomic E-state index is 14.3. The first kappa shape index (κ1) is 23.1. The Labute approximate surface area is 187 Å². The molecule has 0 aromatic heterocycles. The van der Waals surface area contributed by atoms with Gasteiger partial charge in [0, 0.05) is 23.2 Å². The number of carbonyl (C=O) groups is 2. The van der Waals surface area contributed by atoms with Gasteiger partial charge in [0.05, 0.1) is 13.5 Å². The van der Waals surface area contributed by atoms with Crippen molar-refractivity contribution in [1.82, 2.24) is 10.2 Å². The molecule has 1 atom stereocenters. The van der Waals surface area contributed by atoms with E-state index in [1.54, 1.807) is 32.2 Å². The summed E-state index contributed by atoms with van der Waals surface area (Å²) in [5, 5.41) is 3.25. The SMILES string of the molecule is COc1ccc(CN(C(=O)Cc2c(F)cccc2Cl)C(C)C(=O)NC2CCCC2)cc1. The Kier molecular flexibility index (Phi) is 7.91. The second-order valence-corrected chi connectivity index (χ2v) is 8.32. The Morgan fingerprint density at radius 2 is 1.87 bits per heavy atom. The van der Waals surface area contributed by atoms with E-state index in [4.69, 9.17) is 16.3 Å². The molecule has 0 heterocycles. The highest BCUT2D eigenvalue weighted by Crippen LogP contribution is 2.23. The van der Waals surface area contributed by atoms with E-state index in [9.17, 15) is 14.0 Å². The van der Waals surface area contributed by atoms with Gasteiger partial charge < -0.3 is 15.0 Å². The minimum atomic E-state index is -0.708. The number of nitrogens with one attached hydrogen (secondary N) is 1. The van der Waals surface area contributed by atoms with Crippen molar-refractivity contribution in [2.24, 2.45) is 0 Å². The molecular formula is C24H28ClFN2O3. The van der Waals surface area contributed by atoms with E-state index >= 15 is 0 Å². The van der Waals surface area contributed by atoms with Gasteiger partial charge in [-0.2, -0.15) is 0 Å². The van der Waals surface area contributed by atoms with Crippen molar-refractivity contribution in [2.45, 2.75) is 57.7 Å². The smallest absolute Gasteiger partial charge is 0.242 e. The number of methoxy groups -OCH3 is 1. The number of benzene rings is 2. The fourth-order valence-electron chi connectivity index (χ4n) is 3.86. The Morgan fingerprint density at radius 3 is 2.48 bits per heavy atom. The Hall–Kier alpha value is -2.60. The minimum Gasteiger partial charge on any atom is -0.497 e. The molecule has 5 nitrogen and oxygen atoms in total. The van der Waals surface area contributed by atoms with Crippen LogP contribution in [0.1, 0.15) is 43.7 Å². The maximum Gasteiger partial charge on any atom is 0.242 e. The van der Waals surface area contributed by atoms with Gasteiger partial charge in [0.2, 0.25) is 11.8 Å². The van der Waals surface area contributed by atoms with Crippen LogP contribution in [-0.2, 0) is 22.6 Å². The molecule has 1 unspecified atom stereocenters. The van der Waals surface area contributed by atoms with Crippen LogP contribution in [0.15, 0.2) is 42.5 Å². The molecule has 2 aromatic carbocycles. The van der Waals surface area contributed by atoms with Crippen LogP contribution in [0.3, 0.4) is 0 Å². The molecule has 1 aliphatic rings. The molecule has 0 saturated heterocycles. The van der Waals surface area contributed by atoms with E-state index in [-0.39, 0.29) is 41.4 Å². The molecule has 0 spiro atoms. The van der Waals surface area contributed by atoms with Crippen molar-refractivity contribution in [2.75, 3.05) is 7.11 Å². The van der Waals surface area contributed by atoms with E-state index in [2.05, 4.69) is 5.32 Å². The first-order chi connectivity index (χ1) is 14.9.